The number of carbonyl (C=O) groups is 1. The molecule has 3 heteroatoms. The lowest BCUT2D eigenvalue weighted by Crippen LogP contribution is -2.35. The fraction of sp³-hybridized carbons (Fsp3) is 0.389. The second kappa shape index (κ2) is 5.86. The number of nitrogens with one attached hydrogen (secondary N) is 1. The van der Waals surface area contributed by atoms with Gasteiger partial charge < -0.3 is 10.2 Å². The molecular weight excluding hydrogens is 260 g/mol. The van der Waals surface area contributed by atoms with Crippen molar-refractivity contribution in [1.29, 1.82) is 0 Å². The van der Waals surface area contributed by atoms with E-state index in [-0.39, 0.29) is 11.9 Å². The molecule has 110 valence electrons. The maximum atomic E-state index is 12.0. The summed E-state index contributed by atoms with van der Waals surface area (Å²) in [5.74, 6) is 0.755. The fourth-order valence-electron chi connectivity index (χ4n) is 3.27. The summed E-state index contributed by atoms with van der Waals surface area (Å²) < 4.78 is 0. The zero-order valence-corrected chi connectivity index (χ0v) is 12.7. The molecule has 3 nitrogen and oxygen atoms in total. The number of benzene rings is 2. The monoisotopic (exact) mass is 282 g/mol. The molecule has 1 amide bonds. The van der Waals surface area contributed by atoms with Crippen LogP contribution in [0.5, 0.6) is 0 Å². The molecule has 0 aliphatic carbocycles. The summed E-state index contributed by atoms with van der Waals surface area (Å²) >= 11 is 0. The second-order valence-corrected chi connectivity index (χ2v) is 6.02. The molecule has 0 aromatic heterocycles. The molecule has 21 heavy (non-hydrogen) atoms. The van der Waals surface area contributed by atoms with Crippen LogP contribution in [0.3, 0.4) is 0 Å². The summed E-state index contributed by atoms with van der Waals surface area (Å²) in [6.07, 6.45) is 0.686. The van der Waals surface area contributed by atoms with Gasteiger partial charge in [0.15, 0.2) is 0 Å². The van der Waals surface area contributed by atoms with Crippen molar-refractivity contribution in [2.24, 2.45) is 5.92 Å². The number of carbonyl (C=O) groups excluding carboxylic acids is 1. The van der Waals surface area contributed by atoms with Crippen LogP contribution in [-0.2, 0) is 4.79 Å². The highest BCUT2D eigenvalue weighted by Gasteiger charge is 2.28. The first-order valence-electron chi connectivity index (χ1n) is 7.61. The number of amides is 1. The van der Waals surface area contributed by atoms with E-state index in [1.54, 1.807) is 0 Å². The minimum Gasteiger partial charge on any atom is -0.340 e. The number of nitrogens with zero attached hydrogens (tertiary/aromatic N) is 1. The van der Waals surface area contributed by atoms with Crippen LogP contribution in [-0.4, -0.2) is 30.9 Å². The summed E-state index contributed by atoms with van der Waals surface area (Å²) in [6.45, 7) is 3.76. The Morgan fingerprint density at radius 3 is 2.71 bits per heavy atom. The third kappa shape index (κ3) is 2.79. The van der Waals surface area contributed by atoms with Gasteiger partial charge in [0.2, 0.25) is 5.91 Å². The summed E-state index contributed by atoms with van der Waals surface area (Å²) in [7, 11) is 1.97. The highest BCUT2D eigenvalue weighted by molar-refractivity contribution is 5.86. The van der Waals surface area contributed by atoms with Crippen molar-refractivity contribution in [2.75, 3.05) is 20.1 Å². The van der Waals surface area contributed by atoms with Crippen LogP contribution in [0.1, 0.15) is 24.9 Å². The number of rotatable bonds is 4. The van der Waals surface area contributed by atoms with Gasteiger partial charge >= 0.3 is 0 Å². The normalized spacial score (nSPS) is 20.2. The lowest BCUT2D eigenvalue weighted by atomic mass is 9.98. The summed E-state index contributed by atoms with van der Waals surface area (Å²) in [5, 5.41) is 5.89. The third-order valence-corrected chi connectivity index (χ3v) is 4.36. The molecule has 2 atom stereocenters. The van der Waals surface area contributed by atoms with Crippen LogP contribution in [0.25, 0.3) is 10.8 Å². The van der Waals surface area contributed by atoms with E-state index >= 15 is 0 Å². The molecule has 0 saturated carbocycles. The zero-order chi connectivity index (χ0) is 14.8. The molecule has 1 aliphatic heterocycles. The topological polar surface area (TPSA) is 32.3 Å². The molecule has 1 N–H and O–H groups in total. The molecule has 2 aromatic carbocycles. The van der Waals surface area contributed by atoms with Crippen LogP contribution in [0.15, 0.2) is 42.5 Å². The second-order valence-electron chi connectivity index (χ2n) is 6.02. The van der Waals surface area contributed by atoms with Gasteiger partial charge in [-0.2, -0.15) is 0 Å². The number of likely N-dealkylation sites (N-methyl/N-ethyl adjacent to an activating group) is 1. The molecule has 3 rings (SSSR count). The van der Waals surface area contributed by atoms with E-state index in [1.807, 2.05) is 11.9 Å². The summed E-state index contributed by atoms with van der Waals surface area (Å²) in [5.41, 5.74) is 1.27. The number of fused-ring (bicyclic) bond motifs is 1. The predicted molar refractivity (Wildman–Crippen MR) is 86.1 cm³/mol. The van der Waals surface area contributed by atoms with Crippen molar-refractivity contribution in [1.82, 2.24) is 10.2 Å². The molecule has 0 radical (unpaired) electrons. The Balaban J connectivity index is 1.90. The van der Waals surface area contributed by atoms with E-state index < -0.39 is 0 Å². The first-order valence-corrected chi connectivity index (χ1v) is 7.61. The maximum absolute atomic E-state index is 12.0. The lowest BCUT2D eigenvalue weighted by Gasteiger charge is -2.25. The van der Waals surface area contributed by atoms with Gasteiger partial charge in [0, 0.05) is 19.5 Å². The summed E-state index contributed by atoms with van der Waals surface area (Å²) in [4.78, 5) is 14.0. The SMILES string of the molecule is CNC(CN1CC(C)CC1=O)c1cccc2ccccc12. The fourth-order valence-corrected chi connectivity index (χ4v) is 3.27. The Morgan fingerprint density at radius 2 is 2.00 bits per heavy atom. The van der Waals surface area contributed by atoms with Crippen molar-refractivity contribution >= 4 is 16.7 Å². The van der Waals surface area contributed by atoms with Gasteiger partial charge in [0.05, 0.1) is 6.04 Å². The van der Waals surface area contributed by atoms with Crippen molar-refractivity contribution in [3.63, 3.8) is 0 Å². The first kappa shape index (κ1) is 14.1. The van der Waals surface area contributed by atoms with E-state index in [9.17, 15) is 4.79 Å². The average molecular weight is 282 g/mol. The van der Waals surface area contributed by atoms with Gasteiger partial charge in [0.1, 0.15) is 0 Å². The third-order valence-electron chi connectivity index (χ3n) is 4.36. The Labute approximate surface area is 125 Å². The van der Waals surface area contributed by atoms with E-state index in [2.05, 4.69) is 54.7 Å². The van der Waals surface area contributed by atoms with E-state index in [1.165, 1.54) is 16.3 Å². The number of likely N-dealkylation sites (tertiary alicyclic amines) is 1. The maximum Gasteiger partial charge on any atom is 0.222 e. The highest BCUT2D eigenvalue weighted by atomic mass is 16.2. The Morgan fingerprint density at radius 1 is 1.24 bits per heavy atom. The van der Waals surface area contributed by atoms with Crippen molar-refractivity contribution < 1.29 is 4.79 Å². The largest absolute Gasteiger partial charge is 0.340 e. The number of hydrogen-bond donors (Lipinski definition) is 1. The Kier molecular flexibility index (Phi) is 3.93. The van der Waals surface area contributed by atoms with Crippen LogP contribution >= 0.6 is 0 Å². The zero-order valence-electron chi connectivity index (χ0n) is 12.7. The first-order chi connectivity index (χ1) is 10.2. The van der Waals surface area contributed by atoms with Gasteiger partial charge in [-0.3, -0.25) is 4.79 Å². The molecule has 1 aliphatic rings. The van der Waals surface area contributed by atoms with Gasteiger partial charge in [-0.1, -0.05) is 49.4 Å². The molecule has 1 saturated heterocycles. The number of hydrogen-bond acceptors (Lipinski definition) is 2. The van der Waals surface area contributed by atoms with Crippen molar-refractivity contribution in [2.45, 2.75) is 19.4 Å². The van der Waals surface area contributed by atoms with Gasteiger partial charge in [-0.05, 0) is 29.3 Å². The van der Waals surface area contributed by atoms with E-state index in [0.29, 0.717) is 12.3 Å². The molecule has 1 fully saturated rings. The van der Waals surface area contributed by atoms with Crippen molar-refractivity contribution in [3.8, 4) is 0 Å². The predicted octanol–water partition coefficient (Wildman–Crippen LogP) is 2.97. The van der Waals surface area contributed by atoms with Crippen LogP contribution in [0, 0.1) is 5.92 Å². The molecule has 0 bridgehead atoms. The van der Waals surface area contributed by atoms with E-state index in [4.69, 9.17) is 0 Å². The quantitative estimate of drug-likeness (QED) is 0.935. The Bertz CT molecular complexity index is 647. The molecule has 2 unspecified atom stereocenters. The minimum absolute atomic E-state index is 0.172. The lowest BCUT2D eigenvalue weighted by molar-refractivity contribution is -0.128. The standard InChI is InChI=1S/C18H22N2O/c1-13-10-18(21)20(11-13)12-17(19-2)16-9-5-7-14-6-3-4-8-15(14)16/h3-9,13,17,19H,10-12H2,1-2H3. The van der Waals surface area contributed by atoms with Crippen molar-refractivity contribution in [3.05, 3.63) is 48.0 Å². The van der Waals surface area contributed by atoms with Crippen LogP contribution in [0.2, 0.25) is 0 Å². The molecule has 1 heterocycles. The van der Waals surface area contributed by atoms with E-state index in [0.717, 1.165) is 13.1 Å². The average Bonchev–Trinajstić information content (AvgIpc) is 2.82. The van der Waals surface area contributed by atoms with Crippen LogP contribution < -0.4 is 5.32 Å². The van der Waals surface area contributed by atoms with Gasteiger partial charge in [-0.25, -0.2) is 0 Å². The molecule has 2 aromatic rings. The minimum atomic E-state index is 0.172. The smallest absolute Gasteiger partial charge is 0.222 e. The molecular formula is C18H22N2O. The van der Waals surface area contributed by atoms with Gasteiger partial charge in [0.25, 0.3) is 0 Å². The van der Waals surface area contributed by atoms with Gasteiger partial charge in [-0.15, -0.1) is 0 Å². The Hall–Kier alpha value is -1.87. The summed E-state index contributed by atoms with van der Waals surface area (Å²) in [6, 6.07) is 15.0. The van der Waals surface area contributed by atoms with Crippen LogP contribution in [0.4, 0.5) is 0 Å². The molecule has 0 spiro atoms. The highest BCUT2D eigenvalue weighted by Crippen LogP contribution is 2.26.